The molecule has 130 valence electrons. The predicted octanol–water partition coefficient (Wildman–Crippen LogP) is 2.92. The number of piperidine rings is 1. The van der Waals surface area contributed by atoms with Crippen LogP contribution in [0.2, 0.25) is 0 Å². The van der Waals surface area contributed by atoms with Gasteiger partial charge in [-0.05, 0) is 36.8 Å². The van der Waals surface area contributed by atoms with Crippen molar-refractivity contribution in [2.24, 2.45) is 5.92 Å². The van der Waals surface area contributed by atoms with Crippen LogP contribution in [0.25, 0.3) is 0 Å². The molecule has 1 N–H and O–H groups in total. The number of nitrogens with zero attached hydrogens (tertiary/aromatic N) is 1. The standard InChI is InChI=1S/C18H30N2O2S/c1-4-15(2)14-23(21,22)19-18-9-11-20(12-10-18)13-17-8-6-5-7-16(17)3/h5-8,15,18-19H,4,9-14H2,1-3H3. The van der Waals surface area contributed by atoms with Crippen LogP contribution >= 0.6 is 0 Å². The van der Waals surface area contributed by atoms with Crippen molar-refractivity contribution in [2.75, 3.05) is 18.8 Å². The second-order valence-electron chi connectivity index (χ2n) is 6.89. The van der Waals surface area contributed by atoms with E-state index >= 15 is 0 Å². The van der Waals surface area contributed by atoms with Crippen molar-refractivity contribution >= 4 is 10.0 Å². The zero-order valence-electron chi connectivity index (χ0n) is 14.6. The van der Waals surface area contributed by atoms with Gasteiger partial charge in [-0.1, -0.05) is 44.5 Å². The van der Waals surface area contributed by atoms with E-state index in [1.54, 1.807) is 0 Å². The average molecular weight is 339 g/mol. The predicted molar refractivity (Wildman–Crippen MR) is 95.9 cm³/mol. The Balaban J connectivity index is 1.81. The van der Waals surface area contributed by atoms with Crippen LogP contribution in [0.3, 0.4) is 0 Å². The van der Waals surface area contributed by atoms with Gasteiger partial charge in [0.2, 0.25) is 10.0 Å². The van der Waals surface area contributed by atoms with Gasteiger partial charge < -0.3 is 0 Å². The van der Waals surface area contributed by atoms with E-state index in [-0.39, 0.29) is 17.7 Å². The average Bonchev–Trinajstić information content (AvgIpc) is 2.50. The lowest BCUT2D eigenvalue weighted by Gasteiger charge is -2.32. The molecule has 5 heteroatoms. The zero-order valence-corrected chi connectivity index (χ0v) is 15.4. The van der Waals surface area contributed by atoms with Crippen LogP contribution in [0.5, 0.6) is 0 Å². The number of sulfonamides is 1. The third-order valence-electron chi connectivity index (χ3n) is 4.79. The third kappa shape index (κ3) is 5.90. The molecule has 0 bridgehead atoms. The van der Waals surface area contributed by atoms with Gasteiger partial charge in [0.05, 0.1) is 5.75 Å². The summed E-state index contributed by atoms with van der Waals surface area (Å²) in [6.45, 7) is 9.02. The Morgan fingerprint density at radius 3 is 2.52 bits per heavy atom. The summed E-state index contributed by atoms with van der Waals surface area (Å²) in [6, 6.07) is 8.56. The fourth-order valence-corrected chi connectivity index (χ4v) is 4.86. The van der Waals surface area contributed by atoms with Crippen molar-refractivity contribution in [3.8, 4) is 0 Å². The van der Waals surface area contributed by atoms with Crippen LogP contribution in [-0.2, 0) is 16.6 Å². The SMILES string of the molecule is CCC(C)CS(=O)(=O)NC1CCN(Cc2ccccc2C)CC1. The molecule has 2 rings (SSSR count). The largest absolute Gasteiger partial charge is 0.299 e. The minimum atomic E-state index is -3.14. The van der Waals surface area contributed by atoms with Crippen molar-refractivity contribution in [2.45, 2.75) is 52.6 Å². The van der Waals surface area contributed by atoms with Gasteiger partial charge >= 0.3 is 0 Å². The first-order chi connectivity index (χ1) is 10.9. The van der Waals surface area contributed by atoms with Gasteiger partial charge in [-0.15, -0.1) is 0 Å². The van der Waals surface area contributed by atoms with Crippen molar-refractivity contribution in [3.05, 3.63) is 35.4 Å². The Labute approximate surface area is 141 Å². The van der Waals surface area contributed by atoms with E-state index in [9.17, 15) is 8.42 Å². The second kappa shape index (κ2) is 8.27. The molecule has 0 spiro atoms. The molecular weight excluding hydrogens is 308 g/mol. The topological polar surface area (TPSA) is 49.4 Å². The monoisotopic (exact) mass is 338 g/mol. The molecule has 1 atom stereocenters. The maximum atomic E-state index is 12.2. The molecule has 1 aromatic carbocycles. The van der Waals surface area contributed by atoms with E-state index in [2.05, 4.69) is 40.8 Å². The van der Waals surface area contributed by atoms with Gasteiger partial charge in [-0.3, -0.25) is 4.90 Å². The van der Waals surface area contributed by atoms with Crippen molar-refractivity contribution < 1.29 is 8.42 Å². The molecule has 4 nitrogen and oxygen atoms in total. The molecule has 1 saturated heterocycles. The smallest absolute Gasteiger partial charge is 0.212 e. The quantitative estimate of drug-likeness (QED) is 0.831. The highest BCUT2D eigenvalue weighted by molar-refractivity contribution is 7.89. The molecule has 23 heavy (non-hydrogen) atoms. The zero-order chi connectivity index (χ0) is 16.9. The number of likely N-dealkylation sites (tertiary alicyclic amines) is 1. The van der Waals surface area contributed by atoms with E-state index in [1.165, 1.54) is 11.1 Å². The van der Waals surface area contributed by atoms with E-state index in [0.29, 0.717) is 0 Å². The highest BCUT2D eigenvalue weighted by Gasteiger charge is 2.24. The van der Waals surface area contributed by atoms with Gasteiger partial charge in [0.25, 0.3) is 0 Å². The van der Waals surface area contributed by atoms with Crippen LogP contribution in [-0.4, -0.2) is 38.2 Å². The van der Waals surface area contributed by atoms with Crippen molar-refractivity contribution in [1.29, 1.82) is 0 Å². The summed E-state index contributed by atoms with van der Waals surface area (Å²) < 4.78 is 27.2. The van der Waals surface area contributed by atoms with Crippen LogP contribution in [0, 0.1) is 12.8 Å². The maximum absolute atomic E-state index is 12.2. The summed E-state index contributed by atoms with van der Waals surface area (Å²) in [5.41, 5.74) is 2.69. The number of hydrogen-bond acceptors (Lipinski definition) is 3. The highest BCUT2D eigenvalue weighted by atomic mass is 32.2. The Hall–Kier alpha value is -0.910. The molecule has 0 amide bonds. The molecule has 1 heterocycles. The Morgan fingerprint density at radius 2 is 1.91 bits per heavy atom. The molecule has 0 aliphatic carbocycles. The summed E-state index contributed by atoms with van der Waals surface area (Å²) in [6.07, 6.45) is 2.69. The summed E-state index contributed by atoms with van der Waals surface area (Å²) in [4.78, 5) is 2.42. The molecule has 1 fully saturated rings. The number of hydrogen-bond donors (Lipinski definition) is 1. The summed E-state index contributed by atoms with van der Waals surface area (Å²) in [5, 5.41) is 0. The lowest BCUT2D eigenvalue weighted by molar-refractivity contribution is 0.199. The number of aryl methyl sites for hydroxylation is 1. The van der Waals surface area contributed by atoms with Gasteiger partial charge in [-0.2, -0.15) is 0 Å². The summed E-state index contributed by atoms with van der Waals surface area (Å²) in [5.74, 6) is 0.459. The summed E-state index contributed by atoms with van der Waals surface area (Å²) >= 11 is 0. The minimum absolute atomic E-state index is 0.0946. The molecule has 0 saturated carbocycles. The molecule has 1 aliphatic heterocycles. The van der Waals surface area contributed by atoms with Gasteiger partial charge in [0, 0.05) is 25.7 Å². The Morgan fingerprint density at radius 1 is 1.26 bits per heavy atom. The first kappa shape index (κ1) is 18.4. The van der Waals surface area contributed by atoms with Crippen molar-refractivity contribution in [3.63, 3.8) is 0 Å². The third-order valence-corrected chi connectivity index (χ3v) is 6.49. The fraction of sp³-hybridized carbons (Fsp3) is 0.667. The van der Waals surface area contributed by atoms with E-state index in [4.69, 9.17) is 0 Å². The Kier molecular flexibility index (Phi) is 6.62. The molecule has 1 unspecified atom stereocenters. The summed E-state index contributed by atoms with van der Waals surface area (Å²) in [7, 11) is -3.14. The van der Waals surface area contributed by atoms with Crippen molar-refractivity contribution in [1.82, 2.24) is 9.62 Å². The number of benzene rings is 1. The first-order valence-electron chi connectivity index (χ1n) is 8.66. The van der Waals surface area contributed by atoms with Gasteiger partial charge in [0.15, 0.2) is 0 Å². The van der Waals surface area contributed by atoms with E-state index in [0.717, 1.165) is 38.9 Å². The molecular formula is C18H30N2O2S. The van der Waals surface area contributed by atoms with Gasteiger partial charge in [0.1, 0.15) is 0 Å². The van der Waals surface area contributed by atoms with Crippen LogP contribution in [0.1, 0.15) is 44.2 Å². The minimum Gasteiger partial charge on any atom is -0.299 e. The van der Waals surface area contributed by atoms with Crippen LogP contribution in [0.15, 0.2) is 24.3 Å². The van der Waals surface area contributed by atoms with E-state index in [1.807, 2.05) is 13.8 Å². The fourth-order valence-electron chi connectivity index (χ4n) is 3.03. The first-order valence-corrected chi connectivity index (χ1v) is 10.3. The lowest BCUT2D eigenvalue weighted by Crippen LogP contribution is -2.45. The molecule has 0 radical (unpaired) electrons. The number of nitrogens with one attached hydrogen (secondary N) is 1. The molecule has 0 aromatic heterocycles. The normalized spacial score (nSPS) is 18.9. The molecule has 1 aromatic rings. The lowest BCUT2D eigenvalue weighted by atomic mass is 10.0. The second-order valence-corrected chi connectivity index (χ2v) is 8.69. The maximum Gasteiger partial charge on any atom is 0.212 e. The van der Waals surface area contributed by atoms with Crippen LogP contribution < -0.4 is 4.72 Å². The number of rotatable bonds is 7. The van der Waals surface area contributed by atoms with Gasteiger partial charge in [-0.25, -0.2) is 13.1 Å². The van der Waals surface area contributed by atoms with Crippen LogP contribution in [0.4, 0.5) is 0 Å². The van der Waals surface area contributed by atoms with E-state index < -0.39 is 10.0 Å². The Bertz CT molecular complexity index is 593. The highest BCUT2D eigenvalue weighted by Crippen LogP contribution is 2.17. The molecule has 1 aliphatic rings.